The number of allylic oxidation sites excluding steroid dienone is 1. The normalized spacial score (nSPS) is 15.8. The number of nitrogens with one attached hydrogen (secondary N) is 2. The number of halogens is 1. The van der Waals surface area contributed by atoms with E-state index in [2.05, 4.69) is 15.7 Å². The first-order chi connectivity index (χ1) is 16.7. The number of nitrogens with zero attached hydrogens (tertiary/aromatic N) is 2. The molecule has 3 aromatic rings. The summed E-state index contributed by atoms with van der Waals surface area (Å²) < 4.78 is 28.6. The molecule has 1 aromatic carbocycles. The summed E-state index contributed by atoms with van der Waals surface area (Å²) in [5, 5.41) is 3.42. The van der Waals surface area contributed by atoms with Crippen molar-refractivity contribution in [2.45, 2.75) is 45.7 Å². The first-order valence-electron chi connectivity index (χ1n) is 11.7. The van der Waals surface area contributed by atoms with Gasteiger partial charge in [-0.05, 0) is 45.6 Å². The molecule has 0 saturated carbocycles. The summed E-state index contributed by atoms with van der Waals surface area (Å²) in [4.78, 5) is 16.6. The van der Waals surface area contributed by atoms with Crippen LogP contribution in [0, 0.1) is 11.7 Å². The van der Waals surface area contributed by atoms with Gasteiger partial charge in [-0.2, -0.15) is 0 Å². The van der Waals surface area contributed by atoms with E-state index in [4.69, 9.17) is 21.1 Å². The van der Waals surface area contributed by atoms with Gasteiger partial charge in [-0.25, -0.2) is 9.18 Å². The van der Waals surface area contributed by atoms with Crippen molar-refractivity contribution in [3.8, 4) is 0 Å². The molecule has 10 heteroatoms. The molecule has 35 heavy (non-hydrogen) atoms. The van der Waals surface area contributed by atoms with Crippen LogP contribution in [-0.4, -0.2) is 36.0 Å². The van der Waals surface area contributed by atoms with Crippen LogP contribution in [0.2, 0.25) is 0 Å². The fourth-order valence-corrected chi connectivity index (χ4v) is 4.80. The minimum Gasteiger partial charge on any atom is -0.453 e. The fourth-order valence-electron chi connectivity index (χ4n) is 4.80. The van der Waals surface area contributed by atoms with Gasteiger partial charge in [0.05, 0.1) is 34.9 Å². The maximum atomic E-state index is 16.3. The minimum atomic E-state index is -1.00. The number of fused-ring (bicyclic) bond motifs is 3. The van der Waals surface area contributed by atoms with E-state index >= 15 is 4.39 Å². The van der Waals surface area contributed by atoms with Gasteiger partial charge < -0.3 is 30.5 Å². The van der Waals surface area contributed by atoms with Gasteiger partial charge in [0, 0.05) is 48.2 Å². The van der Waals surface area contributed by atoms with Crippen LogP contribution in [0.4, 0.5) is 9.18 Å². The van der Waals surface area contributed by atoms with Crippen LogP contribution >= 0.6 is 0 Å². The largest absolute Gasteiger partial charge is 0.453 e. The van der Waals surface area contributed by atoms with Crippen molar-refractivity contribution in [1.29, 1.82) is 0 Å². The number of amides is 1. The quantitative estimate of drug-likeness (QED) is 0.311. The van der Waals surface area contributed by atoms with Crippen LogP contribution in [0.3, 0.4) is 0 Å². The lowest BCUT2D eigenvalue weighted by Crippen LogP contribution is -2.41. The van der Waals surface area contributed by atoms with Crippen molar-refractivity contribution in [3.63, 3.8) is 0 Å². The lowest BCUT2D eigenvalue weighted by atomic mass is 9.92. The van der Waals surface area contributed by atoms with Gasteiger partial charge in [0.15, 0.2) is 5.82 Å². The van der Waals surface area contributed by atoms with Crippen molar-refractivity contribution in [1.82, 2.24) is 20.3 Å². The van der Waals surface area contributed by atoms with Crippen LogP contribution in [0.1, 0.15) is 44.7 Å². The number of alkyl carbamates (subject to hydrolysis) is 1. The molecule has 2 aromatic heterocycles. The van der Waals surface area contributed by atoms with Crippen LogP contribution in [0.15, 0.2) is 30.1 Å². The molecule has 1 amide bonds. The molecular formula is C25H33FN6O3. The standard InChI is InChI=1S/C25H33FN6O3/c1-14(27)21(31-28)16-11-19-22(29-12-16)17-5-6-18(25(2,3)30-24(33)34-4)20(26)23(17)32(19)13-15-7-9-35-10-8-15/h5-6,11-12,15,31H,7-10,13,27-28H2,1-4H3,(H,30,33)/b21-14-. The van der Waals surface area contributed by atoms with Gasteiger partial charge in [-0.3, -0.25) is 10.8 Å². The predicted molar refractivity (Wildman–Crippen MR) is 133 cm³/mol. The molecule has 188 valence electrons. The first kappa shape index (κ1) is 24.7. The van der Waals surface area contributed by atoms with Crippen molar-refractivity contribution in [2.75, 3.05) is 20.3 Å². The molecule has 0 spiro atoms. The molecule has 0 radical (unpaired) electrons. The highest BCUT2D eigenvalue weighted by molar-refractivity contribution is 6.06. The van der Waals surface area contributed by atoms with E-state index in [1.165, 1.54) is 7.11 Å². The average molecular weight is 485 g/mol. The van der Waals surface area contributed by atoms with Crippen molar-refractivity contribution in [3.05, 3.63) is 47.0 Å². The molecule has 1 fully saturated rings. The zero-order chi connectivity index (χ0) is 25.3. The first-order valence-corrected chi connectivity index (χ1v) is 11.7. The highest BCUT2D eigenvalue weighted by atomic mass is 19.1. The Balaban J connectivity index is 1.96. The van der Waals surface area contributed by atoms with E-state index < -0.39 is 17.4 Å². The minimum absolute atomic E-state index is 0.328. The lowest BCUT2D eigenvalue weighted by Gasteiger charge is -2.27. The smallest absolute Gasteiger partial charge is 0.407 e. The molecule has 0 bridgehead atoms. The van der Waals surface area contributed by atoms with Gasteiger partial charge in [0.25, 0.3) is 0 Å². The van der Waals surface area contributed by atoms with E-state index in [0.717, 1.165) is 18.4 Å². The van der Waals surface area contributed by atoms with Gasteiger partial charge >= 0.3 is 6.09 Å². The number of hydrogen-bond donors (Lipinski definition) is 4. The Bertz CT molecular complexity index is 1290. The second-order valence-electron chi connectivity index (χ2n) is 9.53. The van der Waals surface area contributed by atoms with E-state index in [1.807, 2.05) is 16.7 Å². The van der Waals surface area contributed by atoms with Gasteiger partial charge in [0.2, 0.25) is 0 Å². The Morgan fingerprint density at radius 3 is 2.69 bits per heavy atom. The SMILES string of the molecule is COC(=O)NC(C)(C)c1ccc2c3ncc(/C(NN)=C(\C)N)cc3n(CC3CCOCC3)c2c1F. The number of ether oxygens (including phenoxy) is 2. The Morgan fingerprint density at radius 2 is 2.06 bits per heavy atom. The third-order valence-electron chi connectivity index (χ3n) is 6.68. The van der Waals surface area contributed by atoms with Crippen molar-refractivity contribution in [2.24, 2.45) is 17.5 Å². The van der Waals surface area contributed by atoms with E-state index in [0.29, 0.717) is 64.6 Å². The number of nitrogens with two attached hydrogens (primary N) is 2. The summed E-state index contributed by atoms with van der Waals surface area (Å²) in [6, 6.07) is 5.48. The Kier molecular flexibility index (Phi) is 6.86. The molecule has 0 unspecified atom stereocenters. The molecule has 4 rings (SSSR count). The number of hydrogen-bond acceptors (Lipinski definition) is 7. The number of rotatable bonds is 6. The zero-order valence-corrected chi connectivity index (χ0v) is 20.6. The monoisotopic (exact) mass is 484 g/mol. The molecule has 6 N–H and O–H groups in total. The fraction of sp³-hybridized carbons (Fsp3) is 0.440. The Morgan fingerprint density at radius 1 is 1.34 bits per heavy atom. The second kappa shape index (κ2) is 9.71. The van der Waals surface area contributed by atoms with Crippen molar-refractivity contribution < 1.29 is 18.7 Å². The Hall–Kier alpha value is -3.37. The second-order valence-corrected chi connectivity index (χ2v) is 9.53. The summed E-state index contributed by atoms with van der Waals surface area (Å²) in [6.07, 6.45) is 2.83. The molecule has 1 saturated heterocycles. The predicted octanol–water partition coefficient (Wildman–Crippen LogP) is 3.46. The summed E-state index contributed by atoms with van der Waals surface area (Å²) in [7, 11) is 1.28. The van der Waals surface area contributed by atoms with E-state index in [-0.39, 0.29) is 0 Å². The maximum absolute atomic E-state index is 16.3. The van der Waals surface area contributed by atoms with Crippen molar-refractivity contribution >= 4 is 33.7 Å². The number of methoxy groups -OCH3 is 1. The third kappa shape index (κ3) is 4.63. The summed E-state index contributed by atoms with van der Waals surface area (Å²) in [5.41, 5.74) is 11.7. The molecular weight excluding hydrogens is 451 g/mol. The molecule has 3 heterocycles. The van der Waals surface area contributed by atoms with E-state index in [1.54, 1.807) is 33.0 Å². The summed E-state index contributed by atoms with van der Waals surface area (Å²) >= 11 is 0. The molecule has 9 nitrogen and oxygen atoms in total. The lowest BCUT2D eigenvalue weighted by molar-refractivity contribution is 0.0619. The van der Waals surface area contributed by atoms with Gasteiger partial charge in [0.1, 0.15) is 0 Å². The number of carbonyl (C=O) groups is 1. The number of benzene rings is 1. The number of carbonyl (C=O) groups excluding carboxylic acids is 1. The number of pyridine rings is 1. The molecule has 0 aliphatic carbocycles. The van der Waals surface area contributed by atoms with E-state index in [9.17, 15) is 4.79 Å². The summed E-state index contributed by atoms with van der Waals surface area (Å²) in [6.45, 7) is 7.21. The van der Waals surface area contributed by atoms with Gasteiger partial charge in [-0.1, -0.05) is 12.1 Å². The number of hydrazine groups is 1. The zero-order valence-electron chi connectivity index (χ0n) is 20.6. The highest BCUT2D eigenvalue weighted by Gasteiger charge is 2.30. The number of aromatic nitrogens is 2. The van der Waals surface area contributed by atoms with Crippen LogP contribution in [0.25, 0.3) is 27.6 Å². The highest BCUT2D eigenvalue weighted by Crippen LogP contribution is 2.36. The molecule has 1 aliphatic heterocycles. The topological polar surface area (TPSA) is 129 Å². The van der Waals surface area contributed by atoms with Crippen LogP contribution in [0.5, 0.6) is 0 Å². The Labute approximate surface area is 203 Å². The third-order valence-corrected chi connectivity index (χ3v) is 6.68. The molecule has 1 aliphatic rings. The van der Waals surface area contributed by atoms with Crippen LogP contribution in [-0.2, 0) is 21.6 Å². The van der Waals surface area contributed by atoms with Gasteiger partial charge in [-0.15, -0.1) is 0 Å². The summed E-state index contributed by atoms with van der Waals surface area (Å²) in [5.74, 6) is 5.64. The van der Waals surface area contributed by atoms with Crippen LogP contribution < -0.4 is 22.3 Å². The average Bonchev–Trinajstić information content (AvgIpc) is 3.13. The molecule has 0 atom stereocenters. The maximum Gasteiger partial charge on any atom is 0.407 e.